The minimum atomic E-state index is 0. The standard InChI is InChI=1S/C20H23N7O.ClH/c28-20(17-15-11-21-9-8-16(15)23-24-17)27-10-4-7-14(12-27)19-22-18(25-26-19)13-5-2-1-3-6-13;/h1-3,5-6,14,21H,4,7-12H2,(H,23,24)(H,22,25,26);1H. The van der Waals surface area contributed by atoms with Crippen LogP contribution < -0.4 is 5.32 Å². The molecule has 0 spiro atoms. The van der Waals surface area contributed by atoms with Crippen molar-refractivity contribution < 1.29 is 4.79 Å². The van der Waals surface area contributed by atoms with Crippen LogP contribution in [-0.4, -0.2) is 55.8 Å². The van der Waals surface area contributed by atoms with Crippen LogP contribution in [0.2, 0.25) is 0 Å². The summed E-state index contributed by atoms with van der Waals surface area (Å²) in [6.07, 6.45) is 2.83. The van der Waals surface area contributed by atoms with Crippen LogP contribution in [0.15, 0.2) is 30.3 Å². The average molecular weight is 414 g/mol. The Hall–Kier alpha value is -2.71. The molecule has 152 valence electrons. The lowest BCUT2D eigenvalue weighted by atomic mass is 9.96. The van der Waals surface area contributed by atoms with Crippen LogP contribution >= 0.6 is 12.4 Å². The first kappa shape index (κ1) is 19.6. The van der Waals surface area contributed by atoms with Gasteiger partial charge in [-0.2, -0.15) is 10.2 Å². The van der Waals surface area contributed by atoms with Crippen LogP contribution in [0.4, 0.5) is 0 Å². The summed E-state index contributed by atoms with van der Waals surface area (Å²) >= 11 is 0. The Balaban J connectivity index is 0.00000205. The van der Waals surface area contributed by atoms with Crippen molar-refractivity contribution in [3.63, 3.8) is 0 Å². The average Bonchev–Trinajstić information content (AvgIpc) is 3.42. The molecule has 1 atom stereocenters. The SMILES string of the molecule is Cl.O=C(c1n[nH]c2c1CNCC2)N1CCCC(c2nc(-c3ccccc3)n[nH]2)C1. The number of benzene rings is 1. The first-order valence-electron chi connectivity index (χ1n) is 9.83. The highest BCUT2D eigenvalue weighted by atomic mass is 35.5. The summed E-state index contributed by atoms with van der Waals surface area (Å²) in [4.78, 5) is 19.7. The summed E-state index contributed by atoms with van der Waals surface area (Å²) in [6.45, 7) is 3.01. The highest BCUT2D eigenvalue weighted by molar-refractivity contribution is 5.94. The van der Waals surface area contributed by atoms with Gasteiger partial charge in [0, 0.05) is 55.3 Å². The van der Waals surface area contributed by atoms with E-state index < -0.39 is 0 Å². The predicted molar refractivity (Wildman–Crippen MR) is 111 cm³/mol. The van der Waals surface area contributed by atoms with Crippen molar-refractivity contribution in [3.8, 4) is 11.4 Å². The van der Waals surface area contributed by atoms with E-state index in [1.54, 1.807) is 0 Å². The Morgan fingerprint density at radius 3 is 2.86 bits per heavy atom. The Bertz CT molecular complexity index is 984. The molecule has 2 aliphatic heterocycles. The van der Waals surface area contributed by atoms with Gasteiger partial charge in [-0.25, -0.2) is 4.98 Å². The van der Waals surface area contributed by atoms with E-state index in [2.05, 4.69) is 25.7 Å². The Labute approximate surface area is 174 Å². The minimum Gasteiger partial charge on any atom is -0.337 e. The maximum atomic E-state index is 13.1. The highest BCUT2D eigenvalue weighted by Gasteiger charge is 2.31. The van der Waals surface area contributed by atoms with Gasteiger partial charge in [0.25, 0.3) is 5.91 Å². The molecule has 1 amide bonds. The summed E-state index contributed by atoms with van der Waals surface area (Å²) in [7, 11) is 0. The van der Waals surface area contributed by atoms with Crippen LogP contribution in [-0.2, 0) is 13.0 Å². The molecular formula is C20H24ClN7O. The number of aromatic amines is 2. The van der Waals surface area contributed by atoms with Crippen molar-refractivity contribution >= 4 is 18.3 Å². The number of H-pyrrole nitrogens is 2. The normalized spacial score (nSPS) is 18.8. The number of halogens is 1. The molecule has 2 aliphatic rings. The van der Waals surface area contributed by atoms with Crippen molar-refractivity contribution in [2.45, 2.75) is 31.7 Å². The highest BCUT2D eigenvalue weighted by Crippen LogP contribution is 2.27. The fourth-order valence-electron chi connectivity index (χ4n) is 4.11. The third-order valence-corrected chi connectivity index (χ3v) is 5.64. The van der Waals surface area contributed by atoms with Gasteiger partial charge in [0.2, 0.25) is 0 Å². The van der Waals surface area contributed by atoms with Crippen molar-refractivity contribution in [1.29, 1.82) is 0 Å². The van der Waals surface area contributed by atoms with Gasteiger partial charge in [0.15, 0.2) is 11.5 Å². The molecule has 1 aromatic carbocycles. The molecule has 0 saturated carbocycles. The van der Waals surface area contributed by atoms with Crippen LogP contribution in [0.5, 0.6) is 0 Å². The monoisotopic (exact) mass is 413 g/mol. The lowest BCUT2D eigenvalue weighted by molar-refractivity contribution is 0.0697. The van der Waals surface area contributed by atoms with E-state index in [0.717, 1.165) is 55.0 Å². The molecule has 3 N–H and O–H groups in total. The van der Waals surface area contributed by atoms with Crippen molar-refractivity contribution in [2.24, 2.45) is 0 Å². The molecule has 0 aliphatic carbocycles. The Morgan fingerprint density at radius 1 is 1.14 bits per heavy atom. The first-order valence-corrected chi connectivity index (χ1v) is 9.83. The number of aromatic nitrogens is 5. The third-order valence-electron chi connectivity index (χ3n) is 5.64. The zero-order valence-electron chi connectivity index (χ0n) is 16.0. The van der Waals surface area contributed by atoms with Crippen molar-refractivity contribution in [1.82, 2.24) is 35.6 Å². The van der Waals surface area contributed by atoms with Crippen LogP contribution in [0, 0.1) is 0 Å². The van der Waals surface area contributed by atoms with E-state index in [-0.39, 0.29) is 24.2 Å². The minimum absolute atomic E-state index is 0. The molecule has 8 nitrogen and oxygen atoms in total. The number of fused-ring (bicyclic) bond motifs is 1. The lowest BCUT2D eigenvalue weighted by Crippen LogP contribution is -2.40. The Morgan fingerprint density at radius 2 is 2.00 bits per heavy atom. The van der Waals surface area contributed by atoms with E-state index >= 15 is 0 Å². The zero-order valence-corrected chi connectivity index (χ0v) is 16.8. The van der Waals surface area contributed by atoms with E-state index in [0.29, 0.717) is 24.6 Å². The van der Waals surface area contributed by atoms with Gasteiger partial charge in [-0.3, -0.25) is 15.0 Å². The van der Waals surface area contributed by atoms with Gasteiger partial charge in [-0.15, -0.1) is 12.4 Å². The number of nitrogens with one attached hydrogen (secondary N) is 3. The fraction of sp³-hybridized carbons (Fsp3) is 0.400. The summed E-state index contributed by atoms with van der Waals surface area (Å²) in [5, 5.41) is 18.2. The van der Waals surface area contributed by atoms with Gasteiger partial charge in [-0.05, 0) is 12.8 Å². The molecule has 29 heavy (non-hydrogen) atoms. The van der Waals surface area contributed by atoms with Gasteiger partial charge < -0.3 is 10.2 Å². The number of piperidine rings is 1. The second-order valence-electron chi connectivity index (χ2n) is 7.46. The number of likely N-dealkylation sites (tertiary alicyclic amines) is 1. The molecule has 5 rings (SSSR count). The van der Waals surface area contributed by atoms with E-state index in [9.17, 15) is 4.79 Å². The van der Waals surface area contributed by atoms with Gasteiger partial charge in [0.1, 0.15) is 5.82 Å². The maximum Gasteiger partial charge on any atom is 0.274 e. The van der Waals surface area contributed by atoms with Crippen molar-refractivity contribution in [2.75, 3.05) is 19.6 Å². The van der Waals surface area contributed by atoms with E-state index in [4.69, 9.17) is 4.98 Å². The molecule has 3 aromatic rings. The molecule has 1 saturated heterocycles. The van der Waals surface area contributed by atoms with E-state index in [1.165, 1.54) is 0 Å². The molecule has 9 heteroatoms. The van der Waals surface area contributed by atoms with Crippen LogP contribution in [0.25, 0.3) is 11.4 Å². The number of carbonyl (C=O) groups is 1. The summed E-state index contributed by atoms with van der Waals surface area (Å²) < 4.78 is 0. The second-order valence-corrected chi connectivity index (χ2v) is 7.46. The zero-order chi connectivity index (χ0) is 18.9. The number of amides is 1. The Kier molecular flexibility index (Phi) is 5.64. The number of carbonyl (C=O) groups excluding carboxylic acids is 1. The first-order chi connectivity index (χ1) is 13.8. The molecule has 2 aromatic heterocycles. The topological polar surface area (TPSA) is 103 Å². The summed E-state index contributed by atoms with van der Waals surface area (Å²) in [5.41, 5.74) is 3.65. The number of nitrogens with zero attached hydrogens (tertiary/aromatic N) is 4. The molecule has 0 bridgehead atoms. The summed E-state index contributed by atoms with van der Waals surface area (Å²) in [5.74, 6) is 1.72. The number of rotatable bonds is 3. The van der Waals surface area contributed by atoms with Gasteiger partial charge in [-0.1, -0.05) is 30.3 Å². The van der Waals surface area contributed by atoms with Crippen LogP contribution in [0.3, 0.4) is 0 Å². The fourth-order valence-corrected chi connectivity index (χ4v) is 4.11. The molecule has 0 radical (unpaired) electrons. The maximum absolute atomic E-state index is 13.1. The number of hydrogen-bond donors (Lipinski definition) is 3. The van der Waals surface area contributed by atoms with E-state index in [1.807, 2.05) is 35.2 Å². The molecule has 1 fully saturated rings. The second kappa shape index (κ2) is 8.34. The smallest absolute Gasteiger partial charge is 0.274 e. The van der Waals surface area contributed by atoms with Crippen molar-refractivity contribution in [3.05, 3.63) is 53.1 Å². The van der Waals surface area contributed by atoms with Gasteiger partial charge >= 0.3 is 0 Å². The predicted octanol–water partition coefficient (Wildman–Crippen LogP) is 2.28. The van der Waals surface area contributed by atoms with Crippen LogP contribution in [0.1, 0.15) is 46.3 Å². The molecule has 4 heterocycles. The number of hydrogen-bond acceptors (Lipinski definition) is 5. The lowest BCUT2D eigenvalue weighted by Gasteiger charge is -2.31. The third kappa shape index (κ3) is 3.77. The summed E-state index contributed by atoms with van der Waals surface area (Å²) in [6, 6.07) is 9.93. The largest absolute Gasteiger partial charge is 0.337 e. The molecule has 1 unspecified atom stereocenters. The van der Waals surface area contributed by atoms with Gasteiger partial charge in [0.05, 0.1) is 0 Å². The molecular weight excluding hydrogens is 390 g/mol. The quantitative estimate of drug-likeness (QED) is 0.611.